The van der Waals surface area contributed by atoms with E-state index in [1.807, 2.05) is 30.3 Å². The number of aryl methyl sites for hydroxylation is 1. The normalized spacial score (nSPS) is 16.3. The third-order valence-corrected chi connectivity index (χ3v) is 8.58. The Bertz CT molecular complexity index is 1330. The van der Waals surface area contributed by atoms with Gasteiger partial charge in [-0.2, -0.15) is 4.31 Å². The van der Waals surface area contributed by atoms with Gasteiger partial charge in [0.25, 0.3) is 0 Å². The molecular weight excluding hydrogens is 481 g/mol. The molecule has 0 saturated carbocycles. The van der Waals surface area contributed by atoms with E-state index in [0.717, 1.165) is 5.56 Å². The van der Waals surface area contributed by atoms with Gasteiger partial charge in [-0.3, -0.25) is 4.79 Å². The minimum Gasteiger partial charge on any atom is -0.355 e. The van der Waals surface area contributed by atoms with E-state index in [-0.39, 0.29) is 47.2 Å². The Morgan fingerprint density at radius 2 is 1.81 bits per heavy atom. The summed E-state index contributed by atoms with van der Waals surface area (Å²) in [5, 5.41) is 6.85. The largest absolute Gasteiger partial charge is 0.355 e. The van der Waals surface area contributed by atoms with Crippen LogP contribution in [-0.2, 0) is 14.8 Å². The first-order valence-corrected chi connectivity index (χ1v) is 13.4. The van der Waals surface area contributed by atoms with Crippen molar-refractivity contribution in [3.05, 3.63) is 83.0 Å². The number of carbonyl (C=O) groups is 1. The van der Waals surface area contributed by atoms with Crippen LogP contribution in [0.4, 0.5) is 4.39 Å². The molecule has 36 heavy (non-hydrogen) atoms. The average Bonchev–Trinajstić information content (AvgIpc) is 3.28. The second-order valence-electron chi connectivity index (χ2n) is 9.05. The van der Waals surface area contributed by atoms with Gasteiger partial charge in [-0.15, -0.1) is 0 Å². The summed E-state index contributed by atoms with van der Waals surface area (Å²) in [6, 6.07) is 16.2. The smallest absolute Gasteiger partial charge is 0.248 e. The lowest BCUT2D eigenvalue weighted by Gasteiger charge is -2.30. The van der Waals surface area contributed by atoms with E-state index in [1.165, 1.54) is 22.5 Å². The predicted molar refractivity (Wildman–Crippen MR) is 136 cm³/mol. The minimum absolute atomic E-state index is 0.0327. The molecule has 0 spiro atoms. The first-order chi connectivity index (χ1) is 17.3. The van der Waals surface area contributed by atoms with Crippen LogP contribution in [0.3, 0.4) is 0 Å². The van der Waals surface area contributed by atoms with Crippen molar-refractivity contribution >= 4 is 28.1 Å². The van der Waals surface area contributed by atoms with Gasteiger partial charge in [0, 0.05) is 31.1 Å². The Balaban J connectivity index is 1.39. The molecule has 190 valence electrons. The molecule has 3 aromatic rings. The van der Waals surface area contributed by atoms with E-state index >= 15 is 0 Å². The number of benzene rings is 2. The van der Waals surface area contributed by atoms with Crippen molar-refractivity contribution in [2.75, 3.05) is 19.6 Å². The van der Waals surface area contributed by atoms with Crippen molar-refractivity contribution in [2.24, 2.45) is 5.92 Å². The molecule has 7 nitrogen and oxygen atoms in total. The highest BCUT2D eigenvalue weighted by atomic mass is 32.2. The first-order valence-electron chi connectivity index (χ1n) is 12.0. The van der Waals surface area contributed by atoms with Gasteiger partial charge in [-0.1, -0.05) is 60.6 Å². The van der Waals surface area contributed by atoms with Crippen molar-refractivity contribution in [2.45, 2.75) is 37.5 Å². The molecule has 1 saturated heterocycles. The quantitative estimate of drug-likeness (QED) is 0.477. The molecule has 4 rings (SSSR count). The zero-order valence-corrected chi connectivity index (χ0v) is 21.2. The van der Waals surface area contributed by atoms with Crippen LogP contribution in [0.15, 0.2) is 64.0 Å². The van der Waals surface area contributed by atoms with Crippen molar-refractivity contribution in [1.82, 2.24) is 14.8 Å². The van der Waals surface area contributed by atoms with Crippen LogP contribution < -0.4 is 5.32 Å². The number of carbonyl (C=O) groups excluding carboxylic acids is 1. The van der Waals surface area contributed by atoms with E-state index < -0.39 is 15.8 Å². The third kappa shape index (κ3) is 5.74. The van der Waals surface area contributed by atoms with Crippen LogP contribution >= 0.6 is 0 Å². The van der Waals surface area contributed by atoms with Crippen molar-refractivity contribution in [3.63, 3.8) is 0 Å². The summed E-state index contributed by atoms with van der Waals surface area (Å²) < 4.78 is 47.4. The topological polar surface area (TPSA) is 92.5 Å². The van der Waals surface area contributed by atoms with Gasteiger partial charge in [0.05, 0.1) is 0 Å². The molecule has 1 amide bonds. The van der Waals surface area contributed by atoms with Gasteiger partial charge in [0.2, 0.25) is 15.9 Å². The number of nitrogens with zero attached hydrogens (tertiary/aromatic N) is 2. The van der Waals surface area contributed by atoms with Crippen molar-refractivity contribution in [3.8, 4) is 0 Å². The molecule has 0 radical (unpaired) electrons. The van der Waals surface area contributed by atoms with Crippen LogP contribution in [0.5, 0.6) is 0 Å². The van der Waals surface area contributed by atoms with Gasteiger partial charge in [0.1, 0.15) is 11.5 Å². The highest BCUT2D eigenvalue weighted by Gasteiger charge is 2.36. The second kappa shape index (κ2) is 11.2. The first kappa shape index (κ1) is 25.8. The number of hydrogen-bond donors (Lipinski definition) is 1. The number of halogens is 1. The molecule has 1 aromatic heterocycles. The van der Waals surface area contributed by atoms with E-state index in [2.05, 4.69) is 17.4 Å². The van der Waals surface area contributed by atoms with Crippen LogP contribution in [0.25, 0.3) is 12.2 Å². The van der Waals surface area contributed by atoms with E-state index in [4.69, 9.17) is 4.52 Å². The summed E-state index contributed by atoms with van der Waals surface area (Å²) >= 11 is 0. The summed E-state index contributed by atoms with van der Waals surface area (Å²) in [6.07, 6.45) is 3.73. The van der Waals surface area contributed by atoms with Gasteiger partial charge in [-0.05, 0) is 49.5 Å². The molecule has 2 heterocycles. The molecule has 1 atom stereocenters. The Hall–Kier alpha value is -3.30. The maximum absolute atomic E-state index is 14.0. The molecule has 1 N–H and O–H groups in total. The lowest BCUT2D eigenvalue weighted by atomic mass is 9.96. The summed E-state index contributed by atoms with van der Waals surface area (Å²) in [7, 11) is -3.91. The molecule has 9 heteroatoms. The highest BCUT2D eigenvalue weighted by Crippen LogP contribution is 2.29. The van der Waals surface area contributed by atoms with E-state index in [9.17, 15) is 17.6 Å². The van der Waals surface area contributed by atoms with Crippen LogP contribution in [0.2, 0.25) is 0 Å². The lowest BCUT2D eigenvalue weighted by Crippen LogP contribution is -2.43. The fourth-order valence-electron chi connectivity index (χ4n) is 4.36. The monoisotopic (exact) mass is 511 g/mol. The molecule has 0 unspecified atom stereocenters. The van der Waals surface area contributed by atoms with Gasteiger partial charge >= 0.3 is 0 Å². The SMILES string of the molecule is Cc1noc(/C=C/c2ccccc2F)c1S(=O)(=O)N1CCC(C(=O)NC[C@H](C)c2ccccc2)CC1. The zero-order chi connectivity index (χ0) is 25.7. The molecule has 0 aliphatic carbocycles. The Morgan fingerprint density at radius 1 is 1.14 bits per heavy atom. The summed E-state index contributed by atoms with van der Waals surface area (Å²) in [5.74, 6) is -0.491. The van der Waals surface area contributed by atoms with Gasteiger partial charge < -0.3 is 9.84 Å². The number of sulfonamides is 1. The average molecular weight is 512 g/mol. The summed E-state index contributed by atoms with van der Waals surface area (Å²) in [5.41, 5.74) is 1.70. The maximum atomic E-state index is 14.0. The lowest BCUT2D eigenvalue weighted by molar-refractivity contribution is -0.126. The molecular formula is C27H30FN3O4S. The number of piperidine rings is 1. The maximum Gasteiger partial charge on any atom is 0.248 e. The molecule has 1 aliphatic rings. The van der Waals surface area contributed by atoms with Crippen LogP contribution in [0, 0.1) is 18.7 Å². The number of nitrogens with one attached hydrogen (secondary N) is 1. The number of aromatic nitrogens is 1. The van der Waals surface area contributed by atoms with E-state index in [0.29, 0.717) is 24.9 Å². The molecule has 1 fully saturated rings. The zero-order valence-electron chi connectivity index (χ0n) is 20.4. The standard InChI is InChI=1S/C27H30FN3O4S/c1-19(21-8-4-3-5-9-21)18-29-27(32)23-14-16-31(17-15-23)36(33,34)26-20(2)30-35-25(26)13-12-22-10-6-7-11-24(22)28/h3-13,19,23H,14-18H2,1-2H3,(H,29,32)/b13-12+/t19-/m0/s1. The van der Waals surface area contributed by atoms with Crippen molar-refractivity contribution in [1.29, 1.82) is 0 Å². The molecule has 0 bridgehead atoms. The van der Waals surface area contributed by atoms with Gasteiger partial charge in [0.15, 0.2) is 10.7 Å². The molecule has 1 aliphatic heterocycles. The second-order valence-corrected chi connectivity index (χ2v) is 10.9. The molecule has 2 aromatic carbocycles. The Morgan fingerprint density at radius 3 is 2.50 bits per heavy atom. The van der Waals surface area contributed by atoms with Gasteiger partial charge in [-0.25, -0.2) is 12.8 Å². The van der Waals surface area contributed by atoms with Crippen LogP contribution in [-0.4, -0.2) is 43.4 Å². The third-order valence-electron chi connectivity index (χ3n) is 6.53. The highest BCUT2D eigenvalue weighted by molar-refractivity contribution is 7.89. The number of rotatable bonds is 8. The predicted octanol–water partition coefficient (Wildman–Crippen LogP) is 4.61. The Kier molecular flexibility index (Phi) is 8.01. The number of amides is 1. The van der Waals surface area contributed by atoms with E-state index in [1.54, 1.807) is 25.1 Å². The fourth-order valence-corrected chi connectivity index (χ4v) is 6.08. The Labute approximate surface area is 211 Å². The summed E-state index contributed by atoms with van der Waals surface area (Å²) in [6.45, 7) is 4.58. The van der Waals surface area contributed by atoms with Crippen molar-refractivity contribution < 1.29 is 22.1 Å². The summed E-state index contributed by atoms with van der Waals surface area (Å²) in [4.78, 5) is 12.7. The minimum atomic E-state index is -3.91. The fraction of sp³-hybridized carbons (Fsp3) is 0.333. The number of hydrogen-bond acceptors (Lipinski definition) is 5. The van der Waals surface area contributed by atoms with Crippen LogP contribution in [0.1, 0.15) is 48.3 Å².